The van der Waals surface area contributed by atoms with Gasteiger partial charge >= 0.3 is 5.97 Å². The molecule has 14 heteroatoms. The van der Waals surface area contributed by atoms with Crippen LogP contribution in [0.5, 0.6) is 0 Å². The van der Waals surface area contributed by atoms with Gasteiger partial charge in [0.25, 0.3) is 0 Å². The third-order valence-electron chi connectivity index (χ3n) is 10.8. The van der Waals surface area contributed by atoms with Crippen LogP contribution in [0.25, 0.3) is 0 Å². The quantitative estimate of drug-likeness (QED) is 0.0228. The molecular formula is C48H82O14. The lowest BCUT2D eigenvalue weighted by Gasteiger charge is -2.42. The molecule has 2 fully saturated rings. The van der Waals surface area contributed by atoms with E-state index in [0.717, 1.165) is 64.2 Å². The maximum Gasteiger partial charge on any atom is 0.306 e. The summed E-state index contributed by atoms with van der Waals surface area (Å²) in [7, 11) is 0. The van der Waals surface area contributed by atoms with E-state index in [1.54, 1.807) is 0 Å². The van der Waals surface area contributed by atoms with E-state index >= 15 is 0 Å². The third-order valence-corrected chi connectivity index (χ3v) is 10.8. The number of hydrogen-bond donors (Lipinski definition) is 7. The number of carbonyl (C=O) groups excluding carboxylic acids is 1. The van der Waals surface area contributed by atoms with Crippen molar-refractivity contribution in [2.24, 2.45) is 0 Å². The third kappa shape index (κ3) is 24.1. The molecule has 0 aliphatic carbocycles. The van der Waals surface area contributed by atoms with Gasteiger partial charge in [0.15, 0.2) is 12.6 Å². The number of esters is 1. The van der Waals surface area contributed by atoms with Gasteiger partial charge in [-0.15, -0.1) is 0 Å². The van der Waals surface area contributed by atoms with Crippen molar-refractivity contribution in [2.75, 3.05) is 33.0 Å². The van der Waals surface area contributed by atoms with Gasteiger partial charge in [0, 0.05) is 13.0 Å². The summed E-state index contributed by atoms with van der Waals surface area (Å²) in [6.07, 6.45) is 24.3. The Morgan fingerprint density at radius 1 is 0.548 bits per heavy atom. The first-order valence-electron chi connectivity index (χ1n) is 23.4. The molecule has 62 heavy (non-hydrogen) atoms. The van der Waals surface area contributed by atoms with Crippen LogP contribution in [0.4, 0.5) is 0 Å². The first kappa shape index (κ1) is 55.8. The maximum atomic E-state index is 12.9. The number of allylic oxidation sites excluding steroid dienone is 10. The molecule has 2 aliphatic heterocycles. The Bertz CT molecular complexity index is 1250. The Morgan fingerprint density at radius 2 is 1.05 bits per heavy atom. The smallest absolute Gasteiger partial charge is 0.306 e. The highest BCUT2D eigenvalue weighted by atomic mass is 16.7. The van der Waals surface area contributed by atoms with E-state index in [1.165, 1.54) is 44.9 Å². The first-order chi connectivity index (χ1) is 30.1. The van der Waals surface area contributed by atoms with Crippen LogP contribution in [-0.4, -0.2) is 142 Å². The molecule has 0 aromatic rings. The fourth-order valence-electron chi connectivity index (χ4n) is 6.92. The molecule has 0 saturated carbocycles. The van der Waals surface area contributed by atoms with E-state index in [4.69, 9.17) is 28.4 Å². The number of ether oxygens (including phenoxy) is 6. The Hall–Kier alpha value is -2.31. The van der Waals surface area contributed by atoms with Crippen molar-refractivity contribution in [3.05, 3.63) is 60.8 Å². The van der Waals surface area contributed by atoms with Crippen molar-refractivity contribution >= 4 is 5.97 Å². The van der Waals surface area contributed by atoms with Crippen LogP contribution in [-0.2, 0) is 33.2 Å². The van der Waals surface area contributed by atoms with Crippen molar-refractivity contribution in [3.63, 3.8) is 0 Å². The van der Waals surface area contributed by atoms with Crippen LogP contribution < -0.4 is 0 Å². The summed E-state index contributed by atoms with van der Waals surface area (Å²) in [6.45, 7) is 3.45. The number of unbranched alkanes of at least 4 members (excludes halogenated alkanes) is 11. The summed E-state index contributed by atoms with van der Waals surface area (Å²) in [6, 6.07) is 0. The van der Waals surface area contributed by atoms with Crippen molar-refractivity contribution in [1.82, 2.24) is 0 Å². The van der Waals surface area contributed by atoms with Gasteiger partial charge in [-0.1, -0.05) is 113 Å². The minimum atomic E-state index is -1.72. The molecule has 0 radical (unpaired) electrons. The van der Waals surface area contributed by atoms with Crippen molar-refractivity contribution in [1.29, 1.82) is 0 Å². The second kappa shape index (κ2) is 36.0. The summed E-state index contributed by atoms with van der Waals surface area (Å²) in [5.74, 6) is -0.422. The number of aliphatic hydroxyl groups is 7. The van der Waals surface area contributed by atoms with Gasteiger partial charge in [-0.25, -0.2) is 0 Å². The highest BCUT2D eigenvalue weighted by molar-refractivity contribution is 5.69. The van der Waals surface area contributed by atoms with Crippen molar-refractivity contribution < 1.29 is 69.0 Å². The van der Waals surface area contributed by atoms with Crippen LogP contribution in [0.2, 0.25) is 0 Å². The lowest BCUT2D eigenvalue weighted by molar-refractivity contribution is -0.332. The van der Waals surface area contributed by atoms with E-state index in [2.05, 4.69) is 74.6 Å². The average molecular weight is 883 g/mol. The summed E-state index contributed by atoms with van der Waals surface area (Å²) in [5, 5.41) is 71.9. The van der Waals surface area contributed by atoms with Crippen molar-refractivity contribution in [3.8, 4) is 0 Å². The lowest BCUT2D eigenvalue weighted by atomic mass is 9.98. The van der Waals surface area contributed by atoms with Crippen LogP contribution >= 0.6 is 0 Å². The molecule has 0 bridgehead atoms. The molecule has 0 aromatic carbocycles. The highest BCUT2D eigenvalue weighted by Gasteiger charge is 2.47. The van der Waals surface area contributed by atoms with E-state index in [1.807, 2.05) is 0 Å². The monoisotopic (exact) mass is 883 g/mol. The molecule has 2 heterocycles. The van der Waals surface area contributed by atoms with Crippen LogP contribution in [0.3, 0.4) is 0 Å². The molecule has 14 nitrogen and oxygen atoms in total. The van der Waals surface area contributed by atoms with Crippen LogP contribution in [0, 0.1) is 0 Å². The predicted octanol–water partition coefficient (Wildman–Crippen LogP) is 5.79. The molecule has 0 spiro atoms. The first-order valence-corrected chi connectivity index (χ1v) is 23.4. The van der Waals surface area contributed by atoms with E-state index in [9.17, 15) is 40.5 Å². The second-order valence-corrected chi connectivity index (χ2v) is 16.2. The summed E-state index contributed by atoms with van der Waals surface area (Å²) >= 11 is 0. The van der Waals surface area contributed by atoms with Gasteiger partial charge in [-0.05, 0) is 77.0 Å². The largest absolute Gasteiger partial charge is 0.457 e. The topological polar surface area (TPSA) is 214 Å². The van der Waals surface area contributed by atoms with Gasteiger partial charge in [0.2, 0.25) is 0 Å². The fourth-order valence-corrected chi connectivity index (χ4v) is 6.92. The Kier molecular flexibility index (Phi) is 32.4. The zero-order valence-corrected chi connectivity index (χ0v) is 37.6. The Morgan fingerprint density at radius 3 is 1.66 bits per heavy atom. The summed E-state index contributed by atoms with van der Waals surface area (Å²) < 4.78 is 34.1. The zero-order chi connectivity index (χ0) is 45.2. The van der Waals surface area contributed by atoms with E-state index < -0.39 is 86.7 Å². The zero-order valence-electron chi connectivity index (χ0n) is 37.6. The minimum absolute atomic E-state index is 0.0376. The van der Waals surface area contributed by atoms with Gasteiger partial charge in [0.05, 0.1) is 26.4 Å². The number of hydrogen-bond acceptors (Lipinski definition) is 14. The minimum Gasteiger partial charge on any atom is -0.457 e. The lowest BCUT2D eigenvalue weighted by Crippen LogP contribution is -2.61. The highest BCUT2D eigenvalue weighted by Crippen LogP contribution is 2.26. The van der Waals surface area contributed by atoms with E-state index in [-0.39, 0.29) is 19.6 Å². The van der Waals surface area contributed by atoms with Gasteiger partial charge in [0.1, 0.15) is 54.9 Å². The molecule has 0 amide bonds. The predicted molar refractivity (Wildman–Crippen MR) is 238 cm³/mol. The summed E-state index contributed by atoms with van der Waals surface area (Å²) in [5.41, 5.74) is 0. The van der Waals surface area contributed by atoms with Crippen molar-refractivity contribution in [2.45, 2.75) is 203 Å². The average Bonchev–Trinajstić information content (AvgIpc) is 3.27. The molecule has 2 rings (SSSR count). The maximum absolute atomic E-state index is 12.9. The van der Waals surface area contributed by atoms with Crippen LogP contribution in [0.1, 0.15) is 136 Å². The SMILES string of the molecule is CC/C=C\C/C=C\C/C=C\C/C=C\CCCCC(=O)OC(COCCCCCCCC/C=C\CCCCC)COC1OC(COC2OC(CO)C(O)C(O)C2O)C(O)C(O)C1O. The standard InChI is InChI=1S/C48H82O14/c1-3-5-7-9-11-13-15-17-18-19-21-23-25-27-29-31-40(50)60-37(34-57-32-30-28-26-24-22-20-16-14-12-10-8-6-4-2)35-58-47-46(56)44(54)42(52)39(62-47)36-59-48-45(55)43(53)41(51)38(33-49)61-48/h5,7,11-14,17-18,21,23,37-39,41-49,51-56H,3-4,6,8-10,15-16,19-20,22,24-36H2,1-2H3/b7-5-,13-11-,14-12-,18-17-,23-21-. The molecule has 2 saturated heterocycles. The summed E-state index contributed by atoms with van der Waals surface area (Å²) in [4.78, 5) is 12.9. The molecule has 0 aromatic heterocycles. The van der Waals surface area contributed by atoms with Crippen LogP contribution in [0.15, 0.2) is 60.8 Å². The normalized spacial score (nSPS) is 27.8. The number of carbonyl (C=O) groups is 1. The number of rotatable bonds is 35. The molecule has 11 unspecified atom stereocenters. The van der Waals surface area contributed by atoms with Gasteiger partial charge in [-0.3, -0.25) is 4.79 Å². The molecule has 7 N–H and O–H groups in total. The molecule has 358 valence electrons. The molecule has 2 aliphatic rings. The van der Waals surface area contributed by atoms with Gasteiger partial charge < -0.3 is 64.2 Å². The Labute approximate surface area is 371 Å². The molecular weight excluding hydrogens is 801 g/mol. The Balaban J connectivity index is 1.84. The second-order valence-electron chi connectivity index (χ2n) is 16.2. The van der Waals surface area contributed by atoms with E-state index in [0.29, 0.717) is 13.0 Å². The number of aliphatic hydroxyl groups excluding tert-OH is 7. The van der Waals surface area contributed by atoms with Gasteiger partial charge in [-0.2, -0.15) is 0 Å². The molecule has 11 atom stereocenters. The fraction of sp³-hybridized carbons (Fsp3) is 0.771.